The van der Waals surface area contributed by atoms with Crippen molar-refractivity contribution >= 4 is 11.0 Å². The predicted octanol–water partition coefficient (Wildman–Crippen LogP) is 1.91. The van der Waals surface area contributed by atoms with Crippen molar-refractivity contribution in [2.75, 3.05) is 0 Å². The summed E-state index contributed by atoms with van der Waals surface area (Å²) in [6.07, 6.45) is 0. The number of rotatable bonds is 3. The highest BCUT2D eigenvalue weighted by Gasteiger charge is 2.12. The molecule has 5 heteroatoms. The van der Waals surface area contributed by atoms with Crippen LogP contribution >= 0.6 is 0 Å². The van der Waals surface area contributed by atoms with Gasteiger partial charge in [-0.25, -0.2) is 4.79 Å². The van der Waals surface area contributed by atoms with Gasteiger partial charge in [-0.2, -0.15) is 5.10 Å². The van der Waals surface area contributed by atoms with Crippen LogP contribution in [0, 0.1) is 6.92 Å². The Labute approximate surface area is 117 Å². The number of para-hydroxylation sites is 2. The lowest BCUT2D eigenvalue weighted by atomic mass is 10.3. The number of benzene rings is 1. The van der Waals surface area contributed by atoms with E-state index in [1.54, 1.807) is 9.13 Å². The monoisotopic (exact) mass is 270 g/mol. The second-order valence-electron chi connectivity index (χ2n) is 5.01. The van der Waals surface area contributed by atoms with E-state index in [4.69, 9.17) is 0 Å². The summed E-state index contributed by atoms with van der Waals surface area (Å²) in [5.41, 5.74) is 3.96. The van der Waals surface area contributed by atoms with Crippen LogP contribution in [0.25, 0.3) is 11.0 Å². The van der Waals surface area contributed by atoms with Crippen LogP contribution in [0.4, 0.5) is 0 Å². The van der Waals surface area contributed by atoms with E-state index in [9.17, 15) is 4.79 Å². The van der Waals surface area contributed by atoms with E-state index in [-0.39, 0.29) is 5.69 Å². The van der Waals surface area contributed by atoms with Gasteiger partial charge in [-0.1, -0.05) is 12.1 Å². The third-order valence-corrected chi connectivity index (χ3v) is 3.66. The Morgan fingerprint density at radius 1 is 1.20 bits per heavy atom. The largest absolute Gasteiger partial charge is 0.329 e. The molecule has 0 unspecified atom stereocenters. The van der Waals surface area contributed by atoms with Crippen LogP contribution < -0.4 is 5.69 Å². The Morgan fingerprint density at radius 2 is 1.90 bits per heavy atom. The lowest BCUT2D eigenvalue weighted by molar-refractivity contribution is 0.593. The molecular weight excluding hydrogens is 252 g/mol. The molecule has 3 aromatic rings. The van der Waals surface area contributed by atoms with Gasteiger partial charge in [-0.3, -0.25) is 13.8 Å². The smallest absolute Gasteiger partial charge is 0.295 e. The van der Waals surface area contributed by atoms with Crippen molar-refractivity contribution in [1.82, 2.24) is 18.9 Å². The van der Waals surface area contributed by atoms with Crippen molar-refractivity contribution in [2.24, 2.45) is 7.05 Å². The third-order valence-electron chi connectivity index (χ3n) is 3.66. The molecule has 104 valence electrons. The summed E-state index contributed by atoms with van der Waals surface area (Å²) >= 11 is 0. The molecule has 5 nitrogen and oxygen atoms in total. The molecule has 0 atom stereocenters. The Bertz CT molecular complexity index is 822. The van der Waals surface area contributed by atoms with Gasteiger partial charge in [0.15, 0.2) is 0 Å². The molecule has 0 radical (unpaired) electrons. The van der Waals surface area contributed by atoms with Crippen LogP contribution in [0.15, 0.2) is 35.1 Å². The predicted molar refractivity (Wildman–Crippen MR) is 78.9 cm³/mol. The van der Waals surface area contributed by atoms with Gasteiger partial charge in [0.25, 0.3) is 0 Å². The van der Waals surface area contributed by atoms with Gasteiger partial charge in [-0.15, -0.1) is 0 Å². The minimum atomic E-state index is 0.00714. The Kier molecular flexibility index (Phi) is 2.97. The molecule has 0 saturated heterocycles. The van der Waals surface area contributed by atoms with Gasteiger partial charge in [0, 0.05) is 13.6 Å². The number of hydrogen-bond acceptors (Lipinski definition) is 2. The second-order valence-corrected chi connectivity index (χ2v) is 5.01. The van der Waals surface area contributed by atoms with Gasteiger partial charge in [0.2, 0.25) is 0 Å². The molecule has 0 aliphatic carbocycles. The van der Waals surface area contributed by atoms with Crippen LogP contribution in [0.3, 0.4) is 0 Å². The summed E-state index contributed by atoms with van der Waals surface area (Å²) in [5, 5.41) is 4.44. The normalized spacial score (nSPS) is 11.3. The first-order valence-corrected chi connectivity index (χ1v) is 6.79. The third kappa shape index (κ3) is 1.86. The molecule has 0 bridgehead atoms. The number of fused-ring (bicyclic) bond motifs is 1. The number of imidazole rings is 1. The molecule has 2 heterocycles. The maximum absolute atomic E-state index is 12.4. The van der Waals surface area contributed by atoms with Gasteiger partial charge in [-0.05, 0) is 32.0 Å². The van der Waals surface area contributed by atoms with E-state index in [1.807, 2.05) is 49.0 Å². The standard InChI is InChI=1S/C15H18N4O/c1-4-19-12(9-11(2)16-19)10-18-14-8-6-5-7-13(14)17(3)15(18)20/h5-9H,4,10H2,1-3H3. The number of aryl methyl sites for hydroxylation is 3. The van der Waals surface area contributed by atoms with E-state index >= 15 is 0 Å². The van der Waals surface area contributed by atoms with Gasteiger partial charge in [0.05, 0.1) is 29.0 Å². The zero-order valence-electron chi connectivity index (χ0n) is 12.0. The first-order chi connectivity index (χ1) is 9.61. The summed E-state index contributed by atoms with van der Waals surface area (Å²) < 4.78 is 5.44. The lowest BCUT2D eigenvalue weighted by Crippen LogP contribution is -2.23. The molecule has 1 aromatic carbocycles. The Hall–Kier alpha value is -2.30. The van der Waals surface area contributed by atoms with E-state index in [1.165, 1.54) is 0 Å². The fourth-order valence-corrected chi connectivity index (χ4v) is 2.68. The molecule has 0 fully saturated rings. The van der Waals surface area contributed by atoms with E-state index < -0.39 is 0 Å². The molecule has 2 aromatic heterocycles. The number of nitrogens with zero attached hydrogens (tertiary/aromatic N) is 4. The van der Waals surface area contributed by atoms with Crippen LogP contribution in [0.5, 0.6) is 0 Å². The quantitative estimate of drug-likeness (QED) is 0.730. The topological polar surface area (TPSA) is 44.8 Å². The summed E-state index contributed by atoms with van der Waals surface area (Å²) in [7, 11) is 1.81. The molecule has 0 amide bonds. The van der Waals surface area contributed by atoms with Crippen LogP contribution in [-0.4, -0.2) is 18.9 Å². The molecule has 20 heavy (non-hydrogen) atoms. The molecule has 0 N–H and O–H groups in total. The summed E-state index contributed by atoms with van der Waals surface area (Å²) in [5.74, 6) is 0. The van der Waals surface area contributed by atoms with Gasteiger partial charge in [0.1, 0.15) is 0 Å². The van der Waals surface area contributed by atoms with Crippen molar-refractivity contribution in [1.29, 1.82) is 0 Å². The average Bonchev–Trinajstić information content (AvgIpc) is 2.93. The van der Waals surface area contributed by atoms with E-state index in [0.29, 0.717) is 6.54 Å². The molecule has 0 saturated carbocycles. The van der Waals surface area contributed by atoms with E-state index in [2.05, 4.69) is 12.0 Å². The Morgan fingerprint density at radius 3 is 2.60 bits per heavy atom. The van der Waals surface area contributed by atoms with Crippen molar-refractivity contribution in [3.63, 3.8) is 0 Å². The number of aromatic nitrogens is 4. The summed E-state index contributed by atoms with van der Waals surface area (Å²) in [4.78, 5) is 12.4. The van der Waals surface area contributed by atoms with Crippen molar-refractivity contribution in [2.45, 2.75) is 26.9 Å². The molecule has 3 rings (SSSR count). The fraction of sp³-hybridized carbons (Fsp3) is 0.333. The molecular formula is C15H18N4O. The minimum Gasteiger partial charge on any atom is -0.295 e. The molecule has 0 aliphatic rings. The van der Waals surface area contributed by atoms with Crippen LogP contribution in [0.1, 0.15) is 18.3 Å². The molecule has 0 aliphatic heterocycles. The lowest BCUT2D eigenvalue weighted by Gasteiger charge is -2.05. The second kappa shape index (κ2) is 4.67. The van der Waals surface area contributed by atoms with Crippen molar-refractivity contribution in [3.8, 4) is 0 Å². The molecule has 0 spiro atoms. The van der Waals surface area contributed by atoms with E-state index in [0.717, 1.165) is 29.0 Å². The first-order valence-electron chi connectivity index (χ1n) is 6.79. The van der Waals surface area contributed by atoms with Gasteiger partial charge >= 0.3 is 5.69 Å². The van der Waals surface area contributed by atoms with Crippen LogP contribution in [-0.2, 0) is 20.1 Å². The Balaban J connectivity index is 2.16. The zero-order chi connectivity index (χ0) is 14.3. The highest BCUT2D eigenvalue weighted by Crippen LogP contribution is 2.14. The maximum Gasteiger partial charge on any atom is 0.329 e. The SMILES string of the molecule is CCn1nc(C)cc1Cn1c(=O)n(C)c2ccccc21. The fourth-order valence-electron chi connectivity index (χ4n) is 2.68. The van der Waals surface area contributed by atoms with Gasteiger partial charge < -0.3 is 0 Å². The summed E-state index contributed by atoms with van der Waals surface area (Å²) in [6, 6.07) is 9.90. The average molecular weight is 270 g/mol. The summed E-state index contributed by atoms with van der Waals surface area (Å²) in [6.45, 7) is 5.39. The highest BCUT2D eigenvalue weighted by molar-refractivity contribution is 5.75. The highest BCUT2D eigenvalue weighted by atomic mass is 16.1. The maximum atomic E-state index is 12.4. The first kappa shape index (κ1) is 12.7. The zero-order valence-corrected chi connectivity index (χ0v) is 12.0. The van der Waals surface area contributed by atoms with Crippen molar-refractivity contribution in [3.05, 3.63) is 52.2 Å². The minimum absolute atomic E-state index is 0.00714. The van der Waals surface area contributed by atoms with Crippen LogP contribution in [0.2, 0.25) is 0 Å². The number of hydrogen-bond donors (Lipinski definition) is 0. The van der Waals surface area contributed by atoms with Crippen molar-refractivity contribution < 1.29 is 0 Å².